The van der Waals surface area contributed by atoms with E-state index in [1.54, 1.807) is 0 Å². The Kier molecular flexibility index (Phi) is 6.79. The third-order valence-corrected chi connectivity index (χ3v) is 7.43. The molecule has 0 radical (unpaired) electrons. The second kappa shape index (κ2) is 10.0. The number of hydrogen-bond donors (Lipinski definition) is 0. The van der Waals surface area contributed by atoms with Gasteiger partial charge in [0.25, 0.3) is 0 Å². The van der Waals surface area contributed by atoms with E-state index in [1.807, 2.05) is 0 Å². The molecule has 6 rings (SSSR count). The molecule has 0 spiro atoms. The van der Waals surface area contributed by atoms with Gasteiger partial charge < -0.3 is 17.0 Å². The lowest BCUT2D eigenvalue weighted by Crippen LogP contribution is -3.00. The first-order valence-electron chi connectivity index (χ1n) is 13.0. The van der Waals surface area contributed by atoms with Crippen LogP contribution in [0.4, 0.5) is 0 Å². The minimum atomic E-state index is 0. The summed E-state index contributed by atoms with van der Waals surface area (Å²) in [6.45, 7) is 6.76. The van der Waals surface area contributed by atoms with E-state index in [2.05, 4.69) is 134 Å². The summed E-state index contributed by atoms with van der Waals surface area (Å²) in [6.07, 6.45) is 6.77. The van der Waals surface area contributed by atoms with Gasteiger partial charge in [0.15, 0.2) is 6.20 Å². The molecule has 0 bridgehead atoms. The Balaban J connectivity index is 0.00000280. The van der Waals surface area contributed by atoms with Crippen LogP contribution in [0, 0.1) is 12.8 Å². The van der Waals surface area contributed by atoms with Gasteiger partial charge in [-0.15, -0.1) is 0 Å². The Bertz CT molecular complexity index is 1740. The maximum absolute atomic E-state index is 2.36. The summed E-state index contributed by atoms with van der Waals surface area (Å²) < 4.78 is 4.56. The van der Waals surface area contributed by atoms with Crippen LogP contribution in [-0.4, -0.2) is 4.57 Å². The third kappa shape index (κ3) is 4.74. The molecule has 0 fully saturated rings. The zero-order valence-corrected chi connectivity index (χ0v) is 22.8. The number of pyridine rings is 1. The van der Waals surface area contributed by atoms with Crippen molar-refractivity contribution in [2.24, 2.45) is 13.0 Å². The van der Waals surface area contributed by atoms with Crippen LogP contribution < -0.4 is 17.0 Å². The fraction of sp³-hybridized carbons (Fsp3) is 0.206. The summed E-state index contributed by atoms with van der Waals surface area (Å²) in [7, 11) is 2.13. The van der Waals surface area contributed by atoms with Crippen LogP contribution in [0.15, 0.2) is 97.3 Å². The van der Waals surface area contributed by atoms with Crippen molar-refractivity contribution in [2.75, 3.05) is 0 Å². The summed E-state index contributed by atoms with van der Waals surface area (Å²) >= 11 is 0. The van der Waals surface area contributed by atoms with Gasteiger partial charge in [-0.3, -0.25) is 0 Å². The third-order valence-electron chi connectivity index (χ3n) is 7.43. The SMILES string of the molecule is Cc1ccc2c[n+](C)c3ccc(-c4ccc5ccn(-c6cccc(CCC(C)C)c6)c5c4)cc3c2c1.[Cl-]. The van der Waals surface area contributed by atoms with Crippen LogP contribution in [-0.2, 0) is 13.5 Å². The Labute approximate surface area is 225 Å². The molecule has 37 heavy (non-hydrogen) atoms. The second-order valence-electron chi connectivity index (χ2n) is 10.6. The predicted molar refractivity (Wildman–Crippen MR) is 153 cm³/mol. The Morgan fingerprint density at radius 2 is 1.57 bits per heavy atom. The lowest BCUT2D eigenvalue weighted by atomic mass is 9.98. The zero-order chi connectivity index (χ0) is 24.8. The molecule has 186 valence electrons. The summed E-state index contributed by atoms with van der Waals surface area (Å²) in [5.41, 5.74) is 8.91. The average Bonchev–Trinajstić information content (AvgIpc) is 3.31. The van der Waals surface area contributed by atoms with Crippen LogP contribution in [0.25, 0.3) is 49.4 Å². The first-order valence-corrected chi connectivity index (χ1v) is 13.0. The van der Waals surface area contributed by atoms with E-state index in [0.29, 0.717) is 5.92 Å². The topological polar surface area (TPSA) is 8.81 Å². The van der Waals surface area contributed by atoms with Gasteiger partial charge in [0.1, 0.15) is 7.05 Å². The number of benzene rings is 4. The normalized spacial score (nSPS) is 11.5. The molecule has 2 aromatic heterocycles. The molecule has 2 heterocycles. The van der Waals surface area contributed by atoms with Gasteiger partial charge in [-0.1, -0.05) is 55.8 Å². The second-order valence-corrected chi connectivity index (χ2v) is 10.6. The number of aromatic nitrogens is 2. The molecule has 0 aliphatic rings. The van der Waals surface area contributed by atoms with Crippen molar-refractivity contribution in [3.63, 3.8) is 0 Å². The van der Waals surface area contributed by atoms with Crippen molar-refractivity contribution in [1.29, 1.82) is 0 Å². The summed E-state index contributed by atoms with van der Waals surface area (Å²) in [5.74, 6) is 0.716. The van der Waals surface area contributed by atoms with Gasteiger partial charge in [0.2, 0.25) is 5.52 Å². The maximum Gasteiger partial charge on any atom is 0.212 e. The van der Waals surface area contributed by atoms with E-state index < -0.39 is 0 Å². The van der Waals surface area contributed by atoms with E-state index in [0.717, 1.165) is 6.42 Å². The summed E-state index contributed by atoms with van der Waals surface area (Å²) in [6, 6.07) is 31.7. The van der Waals surface area contributed by atoms with E-state index >= 15 is 0 Å². The van der Waals surface area contributed by atoms with Crippen LogP contribution >= 0.6 is 0 Å². The average molecular weight is 505 g/mol. The van der Waals surface area contributed by atoms with E-state index in [4.69, 9.17) is 0 Å². The molecule has 3 heteroatoms. The fourth-order valence-electron chi connectivity index (χ4n) is 5.38. The van der Waals surface area contributed by atoms with Gasteiger partial charge in [0, 0.05) is 28.7 Å². The van der Waals surface area contributed by atoms with Gasteiger partial charge in [0.05, 0.1) is 10.9 Å². The molecule has 0 unspecified atom stereocenters. The maximum atomic E-state index is 2.36. The first kappa shape index (κ1) is 25.0. The van der Waals surface area contributed by atoms with Crippen LogP contribution in [0.2, 0.25) is 0 Å². The number of fused-ring (bicyclic) bond motifs is 4. The van der Waals surface area contributed by atoms with E-state index in [1.165, 1.54) is 66.9 Å². The lowest BCUT2D eigenvalue weighted by molar-refractivity contribution is -0.643. The number of nitrogens with zero attached hydrogens (tertiary/aromatic N) is 2. The molecule has 2 nitrogen and oxygen atoms in total. The molecular weight excluding hydrogens is 472 g/mol. The molecule has 0 saturated carbocycles. The highest BCUT2D eigenvalue weighted by atomic mass is 35.5. The van der Waals surface area contributed by atoms with Gasteiger partial charge in [-0.25, -0.2) is 4.57 Å². The predicted octanol–water partition coefficient (Wildman–Crippen LogP) is 5.33. The number of rotatable bonds is 5. The minimum absolute atomic E-state index is 0. The highest BCUT2D eigenvalue weighted by Crippen LogP contribution is 2.31. The molecule has 0 saturated heterocycles. The monoisotopic (exact) mass is 504 g/mol. The number of hydrogen-bond acceptors (Lipinski definition) is 0. The Hall–Kier alpha value is -3.62. The Morgan fingerprint density at radius 3 is 2.41 bits per heavy atom. The van der Waals surface area contributed by atoms with Crippen LogP contribution in [0.1, 0.15) is 31.4 Å². The molecule has 0 aliphatic heterocycles. The molecule has 0 aliphatic carbocycles. The standard InChI is InChI=1S/C34H33N2.ClH/c1-23(2)8-10-25-6-5-7-30(19-25)36-17-16-26-12-13-28(21-34(26)36)27-14-15-33-32(20-27)31-18-24(3)9-11-29(31)22-35(33)4;/h5-7,9,11-23H,8,10H2,1-4H3;1H/q+1;/p-1. The summed E-state index contributed by atoms with van der Waals surface area (Å²) in [4.78, 5) is 0. The van der Waals surface area contributed by atoms with E-state index in [-0.39, 0.29) is 12.4 Å². The highest BCUT2D eigenvalue weighted by Gasteiger charge is 2.13. The van der Waals surface area contributed by atoms with Gasteiger partial charge >= 0.3 is 0 Å². The van der Waals surface area contributed by atoms with Gasteiger partial charge in [-0.05, 0) is 90.2 Å². The van der Waals surface area contributed by atoms with Crippen molar-refractivity contribution >= 4 is 32.6 Å². The quantitative estimate of drug-likeness (QED) is 0.222. The molecule has 0 N–H and O–H groups in total. The minimum Gasteiger partial charge on any atom is -1.00 e. The molecular formula is C34H33ClN2. The lowest BCUT2D eigenvalue weighted by Gasteiger charge is -2.11. The Morgan fingerprint density at radius 1 is 0.784 bits per heavy atom. The van der Waals surface area contributed by atoms with Crippen LogP contribution in [0.3, 0.4) is 0 Å². The molecule has 0 amide bonds. The molecule has 4 aromatic carbocycles. The largest absolute Gasteiger partial charge is 1.00 e. The van der Waals surface area contributed by atoms with Gasteiger partial charge in [-0.2, -0.15) is 0 Å². The highest BCUT2D eigenvalue weighted by molar-refractivity contribution is 6.05. The molecule has 6 aromatic rings. The van der Waals surface area contributed by atoms with Crippen molar-refractivity contribution in [3.8, 4) is 16.8 Å². The van der Waals surface area contributed by atoms with Crippen LogP contribution in [0.5, 0.6) is 0 Å². The van der Waals surface area contributed by atoms with Crippen molar-refractivity contribution in [2.45, 2.75) is 33.6 Å². The zero-order valence-electron chi connectivity index (χ0n) is 22.0. The fourth-order valence-corrected chi connectivity index (χ4v) is 5.38. The number of halogens is 1. The number of aryl methyl sites for hydroxylation is 3. The van der Waals surface area contributed by atoms with Crippen molar-refractivity contribution in [1.82, 2.24) is 4.57 Å². The smallest absolute Gasteiger partial charge is 0.212 e. The van der Waals surface area contributed by atoms with Crippen molar-refractivity contribution < 1.29 is 17.0 Å². The van der Waals surface area contributed by atoms with Crippen molar-refractivity contribution in [3.05, 3.63) is 108 Å². The van der Waals surface area contributed by atoms with E-state index in [9.17, 15) is 0 Å². The summed E-state index contributed by atoms with van der Waals surface area (Å²) in [5, 5.41) is 5.14. The first-order chi connectivity index (χ1) is 17.5. The molecule has 0 atom stereocenters.